The molecule has 0 spiro atoms. The molecule has 2 aromatic heterocycles. The van der Waals surface area contributed by atoms with E-state index in [4.69, 9.17) is 4.42 Å². The highest BCUT2D eigenvalue weighted by Gasteiger charge is 2.21. The molecule has 0 saturated heterocycles. The summed E-state index contributed by atoms with van der Waals surface area (Å²) < 4.78 is 5.38. The van der Waals surface area contributed by atoms with E-state index in [9.17, 15) is 5.11 Å². The van der Waals surface area contributed by atoms with E-state index >= 15 is 0 Å². The predicted octanol–water partition coefficient (Wildman–Crippen LogP) is 4.28. The highest BCUT2D eigenvalue weighted by molar-refractivity contribution is 7.12. The quantitative estimate of drug-likeness (QED) is 0.897. The molecule has 0 radical (unpaired) electrons. The lowest BCUT2D eigenvalue weighted by atomic mass is 9.95. The van der Waals surface area contributed by atoms with Crippen molar-refractivity contribution in [3.8, 4) is 0 Å². The molecule has 0 bridgehead atoms. The second kappa shape index (κ2) is 4.90. The van der Waals surface area contributed by atoms with E-state index in [2.05, 4.69) is 26.8 Å². The molecule has 2 heterocycles. The van der Waals surface area contributed by atoms with Crippen LogP contribution >= 0.6 is 11.3 Å². The van der Waals surface area contributed by atoms with Crippen LogP contribution in [0.15, 0.2) is 28.9 Å². The Balaban J connectivity index is 2.29. The number of thiophene rings is 1. The van der Waals surface area contributed by atoms with Gasteiger partial charge in [-0.3, -0.25) is 0 Å². The minimum absolute atomic E-state index is 0.132. The summed E-state index contributed by atoms with van der Waals surface area (Å²) in [5.74, 6) is 0.869. The summed E-state index contributed by atoms with van der Waals surface area (Å²) in [6.07, 6.45) is 1.88. The molecule has 2 rings (SSSR count). The number of aliphatic hydroxyl groups is 1. The minimum atomic E-state index is -0.570. The zero-order chi connectivity index (χ0) is 13.3. The normalized spacial score (nSPS) is 13.8. The Morgan fingerprint density at radius 1 is 1.28 bits per heavy atom. The van der Waals surface area contributed by atoms with Gasteiger partial charge in [-0.05, 0) is 23.6 Å². The fourth-order valence-corrected chi connectivity index (χ4v) is 3.01. The maximum Gasteiger partial charge on any atom is 0.117 e. The Morgan fingerprint density at radius 3 is 2.56 bits per heavy atom. The standard InChI is InChI=1S/C15H20O2S/c1-5-11-10(8-9-17-11)14(16)12-6-7-13(18-12)15(2,3)4/h6-9,14,16H,5H2,1-4H3. The number of aryl methyl sites for hydroxylation is 1. The molecule has 0 aliphatic carbocycles. The highest BCUT2D eigenvalue weighted by atomic mass is 32.1. The molecule has 0 saturated carbocycles. The van der Waals surface area contributed by atoms with Gasteiger partial charge in [-0.1, -0.05) is 27.7 Å². The molecule has 2 nitrogen and oxygen atoms in total. The van der Waals surface area contributed by atoms with Crippen LogP contribution in [0.4, 0.5) is 0 Å². The SMILES string of the molecule is CCc1occc1C(O)c1ccc(C(C)(C)C)s1. The molecule has 0 aliphatic heterocycles. The van der Waals surface area contributed by atoms with Crippen LogP contribution < -0.4 is 0 Å². The van der Waals surface area contributed by atoms with Crippen molar-refractivity contribution in [2.45, 2.75) is 45.6 Å². The predicted molar refractivity (Wildman–Crippen MR) is 75.2 cm³/mol. The Kier molecular flexibility index (Phi) is 3.64. The largest absolute Gasteiger partial charge is 0.469 e. The van der Waals surface area contributed by atoms with Crippen LogP contribution in [-0.4, -0.2) is 5.11 Å². The molecule has 3 heteroatoms. The maximum atomic E-state index is 10.4. The average molecular weight is 264 g/mol. The van der Waals surface area contributed by atoms with Gasteiger partial charge in [-0.15, -0.1) is 11.3 Å². The van der Waals surface area contributed by atoms with Crippen molar-refractivity contribution in [3.63, 3.8) is 0 Å². The first-order valence-electron chi connectivity index (χ1n) is 6.28. The third-order valence-electron chi connectivity index (χ3n) is 3.03. The molecule has 1 unspecified atom stereocenters. The van der Waals surface area contributed by atoms with Crippen LogP contribution in [0.2, 0.25) is 0 Å². The summed E-state index contributed by atoms with van der Waals surface area (Å²) in [5.41, 5.74) is 1.02. The Morgan fingerprint density at radius 2 is 2.00 bits per heavy atom. The van der Waals surface area contributed by atoms with E-state index in [0.29, 0.717) is 0 Å². The van der Waals surface area contributed by atoms with E-state index < -0.39 is 6.10 Å². The lowest BCUT2D eigenvalue weighted by molar-refractivity contribution is 0.221. The number of rotatable bonds is 3. The van der Waals surface area contributed by atoms with Crippen LogP contribution in [0, 0.1) is 0 Å². The van der Waals surface area contributed by atoms with E-state index in [1.807, 2.05) is 19.1 Å². The Hall–Kier alpha value is -1.06. The summed E-state index contributed by atoms with van der Waals surface area (Å²) >= 11 is 1.67. The molecule has 0 aliphatic rings. The van der Waals surface area contributed by atoms with Crippen molar-refractivity contribution >= 4 is 11.3 Å². The summed E-state index contributed by atoms with van der Waals surface area (Å²) in [6, 6.07) is 5.98. The van der Waals surface area contributed by atoms with Gasteiger partial charge < -0.3 is 9.52 Å². The van der Waals surface area contributed by atoms with Crippen molar-refractivity contribution < 1.29 is 9.52 Å². The van der Waals surface area contributed by atoms with Gasteiger partial charge in [-0.2, -0.15) is 0 Å². The molecule has 2 aromatic rings. The van der Waals surface area contributed by atoms with Crippen molar-refractivity contribution in [2.75, 3.05) is 0 Å². The highest BCUT2D eigenvalue weighted by Crippen LogP contribution is 2.35. The minimum Gasteiger partial charge on any atom is -0.469 e. The third kappa shape index (κ3) is 2.52. The second-order valence-corrected chi connectivity index (χ2v) is 6.62. The van der Waals surface area contributed by atoms with Gasteiger partial charge in [0.25, 0.3) is 0 Å². The number of hydrogen-bond acceptors (Lipinski definition) is 3. The summed E-state index contributed by atoms with van der Waals surface area (Å²) in [7, 11) is 0. The molecule has 18 heavy (non-hydrogen) atoms. The molecule has 0 amide bonds. The van der Waals surface area contributed by atoms with Crippen molar-refractivity contribution in [3.05, 3.63) is 45.5 Å². The molecule has 98 valence electrons. The summed E-state index contributed by atoms with van der Waals surface area (Å²) in [5, 5.41) is 10.4. The van der Waals surface area contributed by atoms with Gasteiger partial charge in [0.2, 0.25) is 0 Å². The zero-order valence-corrected chi connectivity index (χ0v) is 12.2. The molecule has 0 aromatic carbocycles. The van der Waals surface area contributed by atoms with Gasteiger partial charge >= 0.3 is 0 Å². The van der Waals surface area contributed by atoms with Gasteiger partial charge in [0.15, 0.2) is 0 Å². The molecule has 1 atom stereocenters. The smallest absolute Gasteiger partial charge is 0.117 e. The number of furan rings is 1. The first kappa shape index (κ1) is 13.4. The molecule has 1 N–H and O–H groups in total. The monoisotopic (exact) mass is 264 g/mol. The topological polar surface area (TPSA) is 33.4 Å². The summed E-state index contributed by atoms with van der Waals surface area (Å²) in [6.45, 7) is 8.59. The fourth-order valence-electron chi connectivity index (χ4n) is 1.94. The van der Waals surface area contributed by atoms with E-state index in [-0.39, 0.29) is 5.41 Å². The zero-order valence-electron chi connectivity index (χ0n) is 11.4. The third-order valence-corrected chi connectivity index (χ3v) is 4.59. The van der Waals surface area contributed by atoms with Crippen LogP contribution in [0.1, 0.15) is 54.9 Å². The lowest BCUT2D eigenvalue weighted by Crippen LogP contribution is -2.07. The van der Waals surface area contributed by atoms with E-state index in [1.165, 1.54) is 4.88 Å². The lowest BCUT2D eigenvalue weighted by Gasteiger charge is -2.15. The van der Waals surface area contributed by atoms with Crippen LogP contribution in [0.3, 0.4) is 0 Å². The van der Waals surface area contributed by atoms with Crippen molar-refractivity contribution in [2.24, 2.45) is 0 Å². The molecule has 0 fully saturated rings. The molecular weight excluding hydrogens is 244 g/mol. The average Bonchev–Trinajstić information content (AvgIpc) is 2.96. The van der Waals surface area contributed by atoms with Crippen LogP contribution in [-0.2, 0) is 11.8 Å². The number of hydrogen-bond donors (Lipinski definition) is 1. The Bertz CT molecular complexity index is 517. The van der Waals surface area contributed by atoms with Crippen LogP contribution in [0.5, 0.6) is 0 Å². The van der Waals surface area contributed by atoms with Gasteiger partial charge in [0.05, 0.1) is 6.26 Å². The van der Waals surface area contributed by atoms with E-state index in [0.717, 1.165) is 22.6 Å². The molecular formula is C15H20O2S. The second-order valence-electron chi connectivity index (χ2n) is 5.51. The van der Waals surface area contributed by atoms with Crippen LogP contribution in [0.25, 0.3) is 0 Å². The maximum absolute atomic E-state index is 10.4. The Labute approximate surface area is 112 Å². The van der Waals surface area contributed by atoms with Crippen molar-refractivity contribution in [1.82, 2.24) is 0 Å². The van der Waals surface area contributed by atoms with E-state index in [1.54, 1.807) is 17.6 Å². The first-order valence-corrected chi connectivity index (χ1v) is 7.09. The van der Waals surface area contributed by atoms with Gasteiger partial charge in [0.1, 0.15) is 11.9 Å². The van der Waals surface area contributed by atoms with Gasteiger partial charge in [0, 0.05) is 21.7 Å². The fraction of sp³-hybridized carbons (Fsp3) is 0.467. The first-order chi connectivity index (χ1) is 8.43. The summed E-state index contributed by atoms with van der Waals surface area (Å²) in [4.78, 5) is 2.27. The number of aliphatic hydroxyl groups excluding tert-OH is 1. The van der Waals surface area contributed by atoms with Gasteiger partial charge in [-0.25, -0.2) is 0 Å². The van der Waals surface area contributed by atoms with Crippen molar-refractivity contribution in [1.29, 1.82) is 0 Å².